The Morgan fingerprint density at radius 3 is 2.38 bits per heavy atom. The van der Waals surface area contributed by atoms with E-state index in [0.29, 0.717) is 0 Å². The molecular formula is C18H24ClNO5S. The first kappa shape index (κ1) is 20.7. The molecule has 0 saturated heterocycles. The molecule has 0 spiro atoms. The van der Waals surface area contributed by atoms with Crippen LogP contribution in [0.5, 0.6) is 0 Å². The summed E-state index contributed by atoms with van der Waals surface area (Å²) in [6, 6.07) is 3.90. The van der Waals surface area contributed by atoms with Crippen LogP contribution >= 0.6 is 11.6 Å². The van der Waals surface area contributed by atoms with Gasteiger partial charge in [0.15, 0.2) is 15.9 Å². The van der Waals surface area contributed by atoms with Crippen molar-refractivity contribution in [3.63, 3.8) is 0 Å². The Morgan fingerprint density at radius 2 is 1.81 bits per heavy atom. The summed E-state index contributed by atoms with van der Waals surface area (Å²) in [6.07, 6.45) is 6.39. The van der Waals surface area contributed by atoms with E-state index in [4.69, 9.17) is 16.3 Å². The maximum atomic E-state index is 12.3. The Bertz CT molecular complexity index is 770. The van der Waals surface area contributed by atoms with Gasteiger partial charge in [-0.15, -0.1) is 0 Å². The molecule has 1 fully saturated rings. The van der Waals surface area contributed by atoms with E-state index in [1.807, 2.05) is 0 Å². The summed E-state index contributed by atoms with van der Waals surface area (Å²) >= 11 is 5.98. The van der Waals surface area contributed by atoms with E-state index in [-0.39, 0.29) is 27.4 Å². The van der Waals surface area contributed by atoms with E-state index in [2.05, 4.69) is 5.32 Å². The summed E-state index contributed by atoms with van der Waals surface area (Å²) in [5.74, 6) is -1.19. The number of sulfone groups is 1. The first-order chi connectivity index (χ1) is 12.2. The second-order valence-electron chi connectivity index (χ2n) is 6.66. The summed E-state index contributed by atoms with van der Waals surface area (Å²) in [5.41, 5.74) is -0.0799. The van der Waals surface area contributed by atoms with Gasteiger partial charge in [-0.05, 0) is 38.0 Å². The van der Waals surface area contributed by atoms with Crippen molar-refractivity contribution in [3.8, 4) is 0 Å². The topological polar surface area (TPSA) is 89.5 Å². The van der Waals surface area contributed by atoms with Crippen molar-refractivity contribution < 1.29 is 22.7 Å². The predicted octanol–water partition coefficient (Wildman–Crippen LogP) is 3.13. The Balaban J connectivity index is 2.03. The molecule has 0 heterocycles. The number of rotatable bonds is 5. The Labute approximate surface area is 159 Å². The van der Waals surface area contributed by atoms with Crippen LogP contribution in [0, 0.1) is 0 Å². The molecule has 8 heteroatoms. The minimum atomic E-state index is -3.49. The zero-order valence-electron chi connectivity index (χ0n) is 15.0. The maximum Gasteiger partial charge on any atom is 0.340 e. The molecule has 1 N–H and O–H groups in total. The maximum absolute atomic E-state index is 12.3. The summed E-state index contributed by atoms with van der Waals surface area (Å²) in [4.78, 5) is 24.6. The number of hydrogen-bond donors (Lipinski definition) is 1. The second kappa shape index (κ2) is 8.86. The zero-order chi connectivity index (χ0) is 19.3. The molecule has 26 heavy (non-hydrogen) atoms. The summed E-state index contributed by atoms with van der Waals surface area (Å²) in [6.45, 7) is 1.48. The molecule has 0 bridgehead atoms. The molecule has 1 aromatic carbocycles. The minimum absolute atomic E-state index is 0.0376. The zero-order valence-corrected chi connectivity index (χ0v) is 16.5. The number of carbonyl (C=O) groups excluding carboxylic acids is 2. The van der Waals surface area contributed by atoms with Gasteiger partial charge >= 0.3 is 5.97 Å². The van der Waals surface area contributed by atoms with Crippen molar-refractivity contribution in [2.75, 3.05) is 6.26 Å². The third-order valence-electron chi connectivity index (χ3n) is 4.44. The fraction of sp³-hybridized carbons (Fsp3) is 0.556. The number of esters is 1. The number of halogens is 1. The van der Waals surface area contributed by atoms with Gasteiger partial charge in [0.1, 0.15) is 0 Å². The van der Waals surface area contributed by atoms with E-state index in [1.165, 1.54) is 31.9 Å². The number of ether oxygens (including phenoxy) is 1. The fourth-order valence-electron chi connectivity index (χ4n) is 2.91. The lowest BCUT2D eigenvalue weighted by molar-refractivity contribution is -0.129. The van der Waals surface area contributed by atoms with Crippen LogP contribution in [0.3, 0.4) is 0 Å². The number of carbonyl (C=O) groups is 2. The lowest BCUT2D eigenvalue weighted by Crippen LogP contribution is -2.41. The minimum Gasteiger partial charge on any atom is -0.449 e. The summed E-state index contributed by atoms with van der Waals surface area (Å²) in [7, 11) is -3.49. The van der Waals surface area contributed by atoms with Crippen molar-refractivity contribution in [3.05, 3.63) is 28.8 Å². The standard InChI is InChI=1S/C18H24ClNO5S/c1-12(17(21)20-13-7-5-3-4-6-8-13)25-18(22)15-11-14(26(2,23)24)9-10-16(15)19/h9-13H,3-8H2,1-2H3,(H,20,21)/t12-/m1/s1. The lowest BCUT2D eigenvalue weighted by atomic mass is 10.1. The quantitative estimate of drug-likeness (QED) is 0.604. The van der Waals surface area contributed by atoms with E-state index >= 15 is 0 Å². The third kappa shape index (κ3) is 5.71. The van der Waals surface area contributed by atoms with E-state index in [9.17, 15) is 18.0 Å². The molecule has 0 unspecified atom stereocenters. The van der Waals surface area contributed by atoms with E-state index < -0.39 is 21.9 Å². The van der Waals surface area contributed by atoms with Gasteiger partial charge in [-0.3, -0.25) is 4.79 Å². The van der Waals surface area contributed by atoms with Gasteiger partial charge in [-0.1, -0.05) is 37.3 Å². The molecule has 1 aliphatic rings. The number of hydrogen-bond acceptors (Lipinski definition) is 5. The summed E-state index contributed by atoms with van der Waals surface area (Å²) < 4.78 is 28.5. The predicted molar refractivity (Wildman–Crippen MR) is 99.1 cm³/mol. The first-order valence-electron chi connectivity index (χ1n) is 8.69. The Kier molecular flexibility index (Phi) is 7.06. The molecular weight excluding hydrogens is 378 g/mol. The SMILES string of the molecule is C[C@@H](OC(=O)c1cc(S(C)(=O)=O)ccc1Cl)C(=O)NC1CCCCCC1. The van der Waals surface area contributed by atoms with Gasteiger partial charge in [0.05, 0.1) is 15.5 Å². The van der Waals surface area contributed by atoms with Crippen molar-refractivity contribution in [2.24, 2.45) is 0 Å². The van der Waals surface area contributed by atoms with Gasteiger partial charge < -0.3 is 10.1 Å². The van der Waals surface area contributed by atoms with E-state index in [0.717, 1.165) is 38.0 Å². The van der Waals surface area contributed by atoms with Gasteiger partial charge in [0.25, 0.3) is 5.91 Å². The van der Waals surface area contributed by atoms with Crippen LogP contribution in [0.4, 0.5) is 0 Å². The highest BCUT2D eigenvalue weighted by Gasteiger charge is 2.24. The molecule has 0 aliphatic heterocycles. The van der Waals surface area contributed by atoms with Crippen LogP contribution in [0.25, 0.3) is 0 Å². The van der Waals surface area contributed by atoms with Gasteiger partial charge in [-0.25, -0.2) is 13.2 Å². The van der Waals surface area contributed by atoms with Crippen LogP contribution in [-0.4, -0.2) is 38.7 Å². The molecule has 0 aromatic heterocycles. The van der Waals surface area contributed by atoms with Crippen LogP contribution in [0.2, 0.25) is 5.02 Å². The van der Waals surface area contributed by atoms with Crippen molar-refractivity contribution in [1.82, 2.24) is 5.32 Å². The summed E-state index contributed by atoms with van der Waals surface area (Å²) in [5, 5.41) is 2.99. The van der Waals surface area contributed by atoms with Crippen LogP contribution in [0.1, 0.15) is 55.8 Å². The molecule has 0 radical (unpaired) electrons. The smallest absolute Gasteiger partial charge is 0.340 e. The molecule has 144 valence electrons. The largest absolute Gasteiger partial charge is 0.449 e. The highest BCUT2D eigenvalue weighted by atomic mass is 35.5. The van der Waals surface area contributed by atoms with E-state index in [1.54, 1.807) is 0 Å². The number of benzene rings is 1. The molecule has 1 amide bonds. The lowest BCUT2D eigenvalue weighted by Gasteiger charge is -2.20. The highest BCUT2D eigenvalue weighted by molar-refractivity contribution is 7.90. The fourth-order valence-corrected chi connectivity index (χ4v) is 3.75. The van der Waals surface area contributed by atoms with Gasteiger partial charge in [0.2, 0.25) is 0 Å². The van der Waals surface area contributed by atoms with Crippen LogP contribution in [0.15, 0.2) is 23.1 Å². The molecule has 1 aromatic rings. The number of nitrogens with one attached hydrogen (secondary N) is 1. The van der Waals surface area contributed by atoms with Crippen LogP contribution < -0.4 is 5.32 Å². The molecule has 1 saturated carbocycles. The van der Waals surface area contributed by atoms with Crippen molar-refractivity contribution in [2.45, 2.75) is 62.5 Å². The third-order valence-corrected chi connectivity index (χ3v) is 5.88. The average Bonchev–Trinajstić information content (AvgIpc) is 2.82. The van der Waals surface area contributed by atoms with Crippen molar-refractivity contribution in [1.29, 1.82) is 0 Å². The molecule has 2 rings (SSSR count). The van der Waals surface area contributed by atoms with Gasteiger partial charge in [0, 0.05) is 12.3 Å². The molecule has 6 nitrogen and oxygen atoms in total. The Morgan fingerprint density at radius 1 is 1.19 bits per heavy atom. The van der Waals surface area contributed by atoms with Crippen molar-refractivity contribution >= 4 is 33.3 Å². The normalized spacial score (nSPS) is 17.2. The molecule has 1 aliphatic carbocycles. The monoisotopic (exact) mass is 401 g/mol. The Hall–Kier alpha value is -1.60. The second-order valence-corrected chi connectivity index (χ2v) is 9.08. The number of amides is 1. The van der Waals surface area contributed by atoms with Gasteiger partial charge in [-0.2, -0.15) is 0 Å². The average molecular weight is 402 g/mol. The van der Waals surface area contributed by atoms with Crippen LogP contribution in [-0.2, 0) is 19.4 Å². The highest BCUT2D eigenvalue weighted by Crippen LogP contribution is 2.22. The molecule has 1 atom stereocenters. The first-order valence-corrected chi connectivity index (χ1v) is 11.0.